The van der Waals surface area contributed by atoms with Crippen LogP contribution in [0.25, 0.3) is 22.4 Å². The van der Waals surface area contributed by atoms with Crippen molar-refractivity contribution in [1.82, 2.24) is 21.0 Å². The van der Waals surface area contributed by atoms with Gasteiger partial charge in [0, 0.05) is 5.56 Å². The van der Waals surface area contributed by atoms with Gasteiger partial charge in [-0.25, -0.2) is 9.37 Å². The molecule has 8 nitrogen and oxygen atoms in total. The predicted molar refractivity (Wildman–Crippen MR) is 114 cm³/mol. The molecule has 0 aliphatic rings. The fraction of sp³-hybridized carbons (Fsp3) is 0.130. The predicted octanol–water partition coefficient (Wildman–Crippen LogP) is 3.57. The molecule has 4 rings (SSSR count). The largest absolute Gasteiger partial charge is 0.478 e. The van der Waals surface area contributed by atoms with Gasteiger partial charge in [0.25, 0.3) is 17.5 Å². The van der Waals surface area contributed by atoms with E-state index in [0.717, 1.165) is 5.56 Å². The van der Waals surface area contributed by atoms with Crippen LogP contribution in [-0.2, 0) is 4.79 Å². The van der Waals surface area contributed by atoms with Gasteiger partial charge in [-0.15, -0.1) is 0 Å². The second kappa shape index (κ2) is 8.84. The average Bonchev–Trinajstić information content (AvgIpc) is 3.19. The monoisotopic (exact) mass is 434 g/mol. The Labute approximate surface area is 182 Å². The minimum absolute atomic E-state index is 0.0649. The molecule has 0 aliphatic heterocycles. The highest BCUT2D eigenvalue weighted by Crippen LogP contribution is 2.26. The molecule has 32 heavy (non-hydrogen) atoms. The third kappa shape index (κ3) is 4.27. The first-order valence-electron chi connectivity index (χ1n) is 9.78. The number of hydrogen-bond acceptors (Lipinski definition) is 6. The first-order valence-corrected chi connectivity index (χ1v) is 9.78. The molecule has 162 valence electrons. The Morgan fingerprint density at radius 3 is 2.53 bits per heavy atom. The Morgan fingerprint density at radius 2 is 1.78 bits per heavy atom. The van der Waals surface area contributed by atoms with Gasteiger partial charge in [-0.2, -0.15) is 0 Å². The molecule has 2 aromatic carbocycles. The lowest BCUT2D eigenvalue weighted by molar-refractivity contribution is -0.128. The van der Waals surface area contributed by atoms with E-state index >= 15 is 0 Å². The zero-order chi connectivity index (χ0) is 22.7. The topological polar surface area (TPSA) is 106 Å². The number of hydrazine groups is 1. The number of aryl methyl sites for hydroxylation is 1. The van der Waals surface area contributed by atoms with Crippen molar-refractivity contribution >= 4 is 22.9 Å². The number of halogens is 1. The first kappa shape index (κ1) is 21.0. The normalized spacial score (nSPS) is 11.7. The third-order valence-corrected chi connectivity index (χ3v) is 4.74. The number of rotatable bonds is 5. The smallest absolute Gasteiger partial charge is 0.279 e. The summed E-state index contributed by atoms with van der Waals surface area (Å²) in [5.41, 5.74) is 6.88. The number of benzene rings is 2. The van der Waals surface area contributed by atoms with E-state index in [1.54, 1.807) is 19.1 Å². The number of ether oxygens (including phenoxy) is 1. The molecule has 4 aromatic rings. The number of carbonyl (C=O) groups excluding carboxylic acids is 2. The van der Waals surface area contributed by atoms with Gasteiger partial charge in [0.15, 0.2) is 17.7 Å². The van der Waals surface area contributed by atoms with Gasteiger partial charge in [0.1, 0.15) is 0 Å². The molecule has 9 heteroatoms. The molecule has 0 fully saturated rings. The van der Waals surface area contributed by atoms with Gasteiger partial charge >= 0.3 is 0 Å². The second-order valence-corrected chi connectivity index (χ2v) is 7.00. The summed E-state index contributed by atoms with van der Waals surface area (Å²) in [4.78, 5) is 29.7. The van der Waals surface area contributed by atoms with Crippen molar-refractivity contribution in [3.8, 4) is 17.0 Å². The number of pyridine rings is 1. The molecule has 0 saturated carbocycles. The lowest BCUT2D eigenvalue weighted by Crippen LogP contribution is -2.47. The Morgan fingerprint density at radius 1 is 1.06 bits per heavy atom. The number of nitrogens with zero attached hydrogens (tertiary/aromatic N) is 2. The SMILES string of the molecule is Cc1noc2nc(-c3ccccc3)cc(C(=O)NNC(=O)[C@@H](C)Oc3ccccc3F)c12. The zero-order valence-corrected chi connectivity index (χ0v) is 17.3. The molecule has 0 unspecified atom stereocenters. The first-order chi connectivity index (χ1) is 15.4. The van der Waals surface area contributed by atoms with Crippen molar-refractivity contribution in [3.05, 3.63) is 77.7 Å². The Balaban J connectivity index is 1.53. The number of hydrogen-bond donors (Lipinski definition) is 2. The molecular formula is C23H19FN4O4. The van der Waals surface area contributed by atoms with Crippen LogP contribution in [0.1, 0.15) is 23.0 Å². The van der Waals surface area contributed by atoms with Gasteiger partial charge in [0.2, 0.25) is 0 Å². The number of aromatic nitrogens is 2. The lowest BCUT2D eigenvalue weighted by Gasteiger charge is -2.15. The fourth-order valence-corrected chi connectivity index (χ4v) is 3.10. The van der Waals surface area contributed by atoms with Crippen LogP contribution < -0.4 is 15.6 Å². The van der Waals surface area contributed by atoms with E-state index in [-0.39, 0.29) is 17.0 Å². The maximum Gasteiger partial charge on any atom is 0.279 e. The highest BCUT2D eigenvalue weighted by atomic mass is 19.1. The van der Waals surface area contributed by atoms with Crippen molar-refractivity contribution in [2.75, 3.05) is 0 Å². The van der Waals surface area contributed by atoms with E-state index in [2.05, 4.69) is 21.0 Å². The van der Waals surface area contributed by atoms with Crippen LogP contribution in [0.2, 0.25) is 0 Å². The molecule has 2 heterocycles. The molecule has 1 atom stereocenters. The summed E-state index contributed by atoms with van der Waals surface area (Å²) in [6.45, 7) is 3.13. The van der Waals surface area contributed by atoms with Gasteiger partial charge in [-0.1, -0.05) is 47.6 Å². The van der Waals surface area contributed by atoms with Gasteiger partial charge in [-0.3, -0.25) is 20.4 Å². The van der Waals surface area contributed by atoms with Gasteiger partial charge in [-0.05, 0) is 32.0 Å². The van der Waals surface area contributed by atoms with Gasteiger partial charge in [0.05, 0.1) is 22.3 Å². The molecule has 0 saturated heterocycles. The minimum Gasteiger partial charge on any atom is -0.478 e. The molecule has 0 bridgehead atoms. The van der Waals surface area contributed by atoms with Crippen LogP contribution >= 0.6 is 0 Å². The summed E-state index contributed by atoms with van der Waals surface area (Å²) >= 11 is 0. The molecule has 2 aromatic heterocycles. The molecule has 0 aliphatic carbocycles. The van der Waals surface area contributed by atoms with Crippen molar-refractivity contribution in [1.29, 1.82) is 0 Å². The van der Waals surface area contributed by atoms with E-state index in [9.17, 15) is 14.0 Å². The van der Waals surface area contributed by atoms with Crippen LogP contribution in [0.3, 0.4) is 0 Å². The van der Waals surface area contributed by atoms with E-state index < -0.39 is 23.7 Å². The van der Waals surface area contributed by atoms with E-state index in [1.165, 1.54) is 25.1 Å². The maximum absolute atomic E-state index is 13.7. The van der Waals surface area contributed by atoms with E-state index in [1.807, 2.05) is 30.3 Å². The Hall–Kier alpha value is -4.27. The molecule has 2 N–H and O–H groups in total. The lowest BCUT2D eigenvalue weighted by atomic mass is 10.1. The summed E-state index contributed by atoms with van der Waals surface area (Å²) in [5, 5.41) is 4.33. The average molecular weight is 434 g/mol. The molecule has 0 radical (unpaired) electrons. The van der Waals surface area contributed by atoms with Crippen molar-refractivity contribution in [2.45, 2.75) is 20.0 Å². The Bertz CT molecular complexity index is 1290. The Kier molecular flexibility index (Phi) is 5.80. The van der Waals surface area contributed by atoms with Crippen LogP contribution in [-0.4, -0.2) is 28.1 Å². The van der Waals surface area contributed by atoms with Crippen molar-refractivity contribution < 1.29 is 23.2 Å². The summed E-state index contributed by atoms with van der Waals surface area (Å²) in [7, 11) is 0. The van der Waals surface area contributed by atoms with Crippen molar-refractivity contribution in [3.63, 3.8) is 0 Å². The summed E-state index contributed by atoms with van der Waals surface area (Å²) in [6.07, 6.45) is -1.05. The molecule has 2 amide bonds. The second-order valence-electron chi connectivity index (χ2n) is 7.00. The number of para-hydroxylation sites is 1. The summed E-state index contributed by atoms with van der Waals surface area (Å²) < 4.78 is 24.3. The van der Waals surface area contributed by atoms with E-state index in [0.29, 0.717) is 16.8 Å². The molecule has 0 spiro atoms. The number of carbonyl (C=O) groups is 2. The van der Waals surface area contributed by atoms with Crippen LogP contribution in [0.15, 0.2) is 65.2 Å². The third-order valence-electron chi connectivity index (χ3n) is 4.74. The van der Waals surface area contributed by atoms with Gasteiger partial charge < -0.3 is 9.26 Å². The summed E-state index contributed by atoms with van der Waals surface area (Å²) in [6, 6.07) is 16.6. The fourth-order valence-electron chi connectivity index (χ4n) is 3.10. The maximum atomic E-state index is 13.7. The highest BCUT2D eigenvalue weighted by Gasteiger charge is 2.21. The van der Waals surface area contributed by atoms with Crippen LogP contribution in [0.5, 0.6) is 5.75 Å². The van der Waals surface area contributed by atoms with E-state index in [4.69, 9.17) is 9.26 Å². The number of fused-ring (bicyclic) bond motifs is 1. The van der Waals surface area contributed by atoms with Crippen molar-refractivity contribution in [2.24, 2.45) is 0 Å². The quantitative estimate of drug-likeness (QED) is 0.465. The number of amides is 2. The zero-order valence-electron chi connectivity index (χ0n) is 17.3. The standard InChI is InChI=1S/C23H19FN4O4/c1-13-20-16(12-18(25-23(20)32-28-13)15-8-4-3-5-9-15)22(30)27-26-21(29)14(2)31-19-11-7-6-10-17(19)24/h3-12,14H,1-2H3,(H,26,29)(H,27,30)/t14-/m1/s1. The molecular weight excluding hydrogens is 415 g/mol. The highest BCUT2D eigenvalue weighted by molar-refractivity contribution is 6.07. The number of nitrogens with one attached hydrogen (secondary N) is 2. The minimum atomic E-state index is -1.05. The van der Waals surface area contributed by atoms with Crippen LogP contribution in [0.4, 0.5) is 4.39 Å². The van der Waals surface area contributed by atoms with Crippen LogP contribution in [0, 0.1) is 12.7 Å². The summed E-state index contributed by atoms with van der Waals surface area (Å²) in [5.74, 6) is -1.90.